The quantitative estimate of drug-likeness (QED) is 0.845. The summed E-state index contributed by atoms with van der Waals surface area (Å²) in [5.74, 6) is -3.28. The third-order valence-electron chi connectivity index (χ3n) is 4.06. The van der Waals surface area contributed by atoms with Gasteiger partial charge < -0.3 is 10.6 Å². The lowest BCUT2D eigenvalue weighted by molar-refractivity contribution is -0.150. The van der Waals surface area contributed by atoms with Gasteiger partial charge in [0.1, 0.15) is 0 Å². The molecule has 2 aliphatic rings. The molecule has 104 valence electrons. The molecule has 1 aliphatic carbocycles. The molecule has 0 radical (unpaired) electrons. The van der Waals surface area contributed by atoms with Crippen molar-refractivity contribution in [2.24, 2.45) is 11.7 Å². The first kappa shape index (κ1) is 13.7. The van der Waals surface area contributed by atoms with E-state index in [9.17, 15) is 13.6 Å². The second-order valence-corrected chi connectivity index (χ2v) is 5.96. The van der Waals surface area contributed by atoms with E-state index >= 15 is 0 Å². The SMILES string of the molecule is CCCC1(N)CN(C(=O)C2CCCC(F)(F)C2)C1. The highest BCUT2D eigenvalue weighted by molar-refractivity contribution is 5.80. The monoisotopic (exact) mass is 260 g/mol. The zero-order chi connectivity index (χ0) is 13.4. The summed E-state index contributed by atoms with van der Waals surface area (Å²) in [5.41, 5.74) is 5.81. The Hall–Kier alpha value is -0.710. The minimum absolute atomic E-state index is 0.0760. The van der Waals surface area contributed by atoms with E-state index in [2.05, 4.69) is 6.92 Å². The van der Waals surface area contributed by atoms with Gasteiger partial charge in [-0.05, 0) is 19.3 Å². The number of hydrogen-bond acceptors (Lipinski definition) is 2. The maximum absolute atomic E-state index is 13.3. The molecule has 1 unspecified atom stereocenters. The molecule has 0 aromatic rings. The molecule has 1 saturated carbocycles. The second-order valence-electron chi connectivity index (χ2n) is 5.96. The van der Waals surface area contributed by atoms with Crippen molar-refractivity contribution in [3.8, 4) is 0 Å². The Balaban J connectivity index is 1.86. The highest BCUT2D eigenvalue weighted by atomic mass is 19.3. The minimum Gasteiger partial charge on any atom is -0.339 e. The standard InChI is InChI=1S/C13H22F2N2O/c1-2-5-12(16)8-17(9-12)11(18)10-4-3-6-13(14,15)7-10/h10H,2-9,16H2,1H3. The molecule has 1 atom stereocenters. The number of hydrogen-bond donors (Lipinski definition) is 1. The van der Waals surface area contributed by atoms with E-state index in [1.54, 1.807) is 4.90 Å². The van der Waals surface area contributed by atoms with E-state index in [4.69, 9.17) is 5.73 Å². The lowest BCUT2D eigenvalue weighted by Crippen LogP contribution is -2.69. The summed E-state index contributed by atoms with van der Waals surface area (Å²) in [5, 5.41) is 0. The predicted octanol–water partition coefficient (Wildman–Crippen LogP) is 2.15. The van der Waals surface area contributed by atoms with E-state index in [0.29, 0.717) is 25.9 Å². The summed E-state index contributed by atoms with van der Waals surface area (Å²) in [6, 6.07) is 0. The van der Waals surface area contributed by atoms with E-state index < -0.39 is 11.8 Å². The van der Waals surface area contributed by atoms with Gasteiger partial charge in [0.05, 0.1) is 5.54 Å². The van der Waals surface area contributed by atoms with Gasteiger partial charge in [0.25, 0.3) is 0 Å². The molecular formula is C13H22F2N2O. The lowest BCUT2D eigenvalue weighted by atomic mass is 9.81. The lowest BCUT2D eigenvalue weighted by Gasteiger charge is -2.49. The Bertz CT molecular complexity index is 327. The summed E-state index contributed by atoms with van der Waals surface area (Å²) >= 11 is 0. The number of amides is 1. The van der Waals surface area contributed by atoms with Crippen LogP contribution < -0.4 is 5.73 Å². The van der Waals surface area contributed by atoms with E-state index in [-0.39, 0.29) is 24.3 Å². The van der Waals surface area contributed by atoms with Gasteiger partial charge in [0.2, 0.25) is 11.8 Å². The molecule has 0 aromatic carbocycles. The number of alkyl halides is 2. The van der Waals surface area contributed by atoms with Crippen LogP contribution in [-0.4, -0.2) is 35.4 Å². The Morgan fingerprint density at radius 3 is 2.67 bits per heavy atom. The van der Waals surface area contributed by atoms with Crippen molar-refractivity contribution in [2.45, 2.75) is 56.9 Å². The van der Waals surface area contributed by atoms with E-state index in [1.165, 1.54) is 0 Å². The van der Waals surface area contributed by atoms with Gasteiger partial charge in [-0.1, -0.05) is 13.3 Å². The van der Waals surface area contributed by atoms with E-state index in [0.717, 1.165) is 12.8 Å². The largest absolute Gasteiger partial charge is 0.339 e. The molecule has 0 spiro atoms. The van der Waals surface area contributed by atoms with Crippen molar-refractivity contribution in [2.75, 3.05) is 13.1 Å². The number of rotatable bonds is 3. The Kier molecular flexibility index (Phi) is 3.63. The van der Waals surface area contributed by atoms with Crippen LogP contribution in [0.15, 0.2) is 0 Å². The molecule has 1 heterocycles. The molecule has 5 heteroatoms. The molecule has 1 amide bonds. The maximum Gasteiger partial charge on any atom is 0.248 e. The fraction of sp³-hybridized carbons (Fsp3) is 0.923. The summed E-state index contributed by atoms with van der Waals surface area (Å²) < 4.78 is 26.6. The molecule has 0 bridgehead atoms. The average Bonchev–Trinajstić information content (AvgIpc) is 2.23. The Morgan fingerprint density at radius 2 is 2.11 bits per heavy atom. The molecule has 18 heavy (non-hydrogen) atoms. The summed E-state index contributed by atoms with van der Waals surface area (Å²) in [6.45, 7) is 3.12. The Morgan fingerprint density at radius 1 is 1.44 bits per heavy atom. The molecule has 1 aliphatic heterocycles. The van der Waals surface area contributed by atoms with Gasteiger partial charge in [0.15, 0.2) is 0 Å². The fourth-order valence-electron chi connectivity index (χ4n) is 3.17. The van der Waals surface area contributed by atoms with Crippen LogP contribution in [0.4, 0.5) is 8.78 Å². The van der Waals surface area contributed by atoms with Crippen LogP contribution in [0.3, 0.4) is 0 Å². The molecule has 2 rings (SSSR count). The van der Waals surface area contributed by atoms with Gasteiger partial charge in [-0.25, -0.2) is 8.78 Å². The molecule has 1 saturated heterocycles. The summed E-state index contributed by atoms with van der Waals surface area (Å²) in [6.07, 6.45) is 2.55. The third-order valence-corrected chi connectivity index (χ3v) is 4.06. The number of nitrogens with two attached hydrogens (primary N) is 1. The highest BCUT2D eigenvalue weighted by Gasteiger charge is 2.46. The van der Waals surface area contributed by atoms with Crippen LogP contribution in [0.25, 0.3) is 0 Å². The van der Waals surface area contributed by atoms with Gasteiger partial charge in [-0.15, -0.1) is 0 Å². The fourth-order valence-corrected chi connectivity index (χ4v) is 3.17. The first-order chi connectivity index (χ1) is 8.35. The number of likely N-dealkylation sites (tertiary alicyclic amines) is 1. The van der Waals surface area contributed by atoms with Crippen molar-refractivity contribution >= 4 is 5.91 Å². The number of carbonyl (C=O) groups excluding carboxylic acids is 1. The molecular weight excluding hydrogens is 238 g/mol. The van der Waals surface area contributed by atoms with Crippen LogP contribution >= 0.6 is 0 Å². The third kappa shape index (κ3) is 2.82. The maximum atomic E-state index is 13.3. The van der Waals surface area contributed by atoms with Gasteiger partial charge in [-0.2, -0.15) is 0 Å². The molecule has 3 nitrogen and oxygen atoms in total. The van der Waals surface area contributed by atoms with Gasteiger partial charge in [0, 0.05) is 31.8 Å². The van der Waals surface area contributed by atoms with Crippen molar-refractivity contribution in [1.82, 2.24) is 4.90 Å². The molecule has 0 aromatic heterocycles. The van der Waals surface area contributed by atoms with Crippen molar-refractivity contribution in [1.29, 1.82) is 0 Å². The highest BCUT2D eigenvalue weighted by Crippen LogP contribution is 2.38. The first-order valence-electron chi connectivity index (χ1n) is 6.81. The van der Waals surface area contributed by atoms with Crippen molar-refractivity contribution in [3.63, 3.8) is 0 Å². The van der Waals surface area contributed by atoms with E-state index in [1.807, 2.05) is 0 Å². The number of halogens is 2. The predicted molar refractivity (Wildman–Crippen MR) is 65.3 cm³/mol. The molecule has 2 N–H and O–H groups in total. The zero-order valence-corrected chi connectivity index (χ0v) is 10.9. The minimum atomic E-state index is -2.66. The van der Waals surface area contributed by atoms with Gasteiger partial charge in [-0.3, -0.25) is 4.79 Å². The van der Waals surface area contributed by atoms with Crippen molar-refractivity contribution in [3.05, 3.63) is 0 Å². The van der Waals surface area contributed by atoms with Crippen LogP contribution in [-0.2, 0) is 4.79 Å². The first-order valence-corrected chi connectivity index (χ1v) is 6.81. The Labute approximate surface area is 107 Å². The number of nitrogens with zero attached hydrogens (tertiary/aromatic N) is 1. The topological polar surface area (TPSA) is 46.3 Å². The van der Waals surface area contributed by atoms with Gasteiger partial charge >= 0.3 is 0 Å². The summed E-state index contributed by atoms with van der Waals surface area (Å²) in [7, 11) is 0. The van der Waals surface area contributed by atoms with Crippen LogP contribution in [0.5, 0.6) is 0 Å². The van der Waals surface area contributed by atoms with Crippen LogP contribution in [0.2, 0.25) is 0 Å². The molecule has 2 fully saturated rings. The number of carbonyl (C=O) groups is 1. The zero-order valence-electron chi connectivity index (χ0n) is 10.9. The van der Waals surface area contributed by atoms with Crippen LogP contribution in [0, 0.1) is 5.92 Å². The van der Waals surface area contributed by atoms with Crippen molar-refractivity contribution < 1.29 is 13.6 Å². The second kappa shape index (κ2) is 4.76. The van der Waals surface area contributed by atoms with Crippen LogP contribution in [0.1, 0.15) is 45.4 Å². The average molecular weight is 260 g/mol. The summed E-state index contributed by atoms with van der Waals surface area (Å²) in [4.78, 5) is 13.8. The smallest absolute Gasteiger partial charge is 0.248 e. The normalized spacial score (nSPS) is 29.8.